The van der Waals surface area contributed by atoms with Crippen LogP contribution in [0, 0.1) is 5.82 Å². The molecule has 1 aromatic rings. The van der Waals surface area contributed by atoms with E-state index in [1.165, 1.54) is 6.07 Å². The molecule has 1 atom stereocenters. The van der Waals surface area contributed by atoms with Crippen LogP contribution in [-0.4, -0.2) is 18.0 Å². The van der Waals surface area contributed by atoms with Crippen molar-refractivity contribution in [3.05, 3.63) is 33.0 Å². The zero-order valence-corrected chi connectivity index (χ0v) is 12.9. The molecule has 1 unspecified atom stereocenters. The zero-order valence-electron chi connectivity index (χ0n) is 10.5. The van der Waals surface area contributed by atoms with Gasteiger partial charge in [0.2, 0.25) is 0 Å². The molecule has 0 aliphatic heterocycles. The summed E-state index contributed by atoms with van der Waals surface area (Å²) < 4.78 is 19.9. The topological polar surface area (TPSA) is 26.3 Å². The number of carbonyl (C=O) groups excluding carboxylic acids is 1. The molecule has 0 heterocycles. The fourth-order valence-electron chi connectivity index (χ4n) is 1.63. The van der Waals surface area contributed by atoms with Gasteiger partial charge in [0.05, 0.1) is 10.6 Å². The molecule has 0 aromatic heterocycles. The van der Waals surface area contributed by atoms with Crippen LogP contribution < -0.4 is 0 Å². The molecule has 0 bridgehead atoms. The second kappa shape index (κ2) is 6.13. The molecule has 1 rings (SSSR count). The summed E-state index contributed by atoms with van der Waals surface area (Å²) in [5, 5.41) is -0.0872. The van der Waals surface area contributed by atoms with E-state index >= 15 is 0 Å². The molecule has 0 N–H and O–H groups in total. The first-order valence-corrected chi connectivity index (χ1v) is 6.86. The van der Waals surface area contributed by atoms with Crippen molar-refractivity contribution in [1.82, 2.24) is 0 Å². The number of hydrogen-bond acceptors (Lipinski definition) is 2. The van der Waals surface area contributed by atoms with E-state index < -0.39 is 17.2 Å². The fourth-order valence-corrected chi connectivity index (χ4v) is 2.10. The SMILES string of the molecule is CCOC(C)(CC)C(=O)c1ccc(Br)c(Cl)c1F. The van der Waals surface area contributed by atoms with Crippen LogP contribution in [0.2, 0.25) is 5.02 Å². The molecule has 0 aliphatic carbocycles. The van der Waals surface area contributed by atoms with E-state index in [2.05, 4.69) is 15.9 Å². The third-order valence-corrected chi connectivity index (χ3v) is 4.16. The van der Waals surface area contributed by atoms with Gasteiger partial charge >= 0.3 is 0 Å². The third kappa shape index (κ3) is 2.92. The van der Waals surface area contributed by atoms with Gasteiger partial charge in [0.15, 0.2) is 11.6 Å². The first-order chi connectivity index (χ1) is 8.37. The Bertz CT molecular complexity index is 465. The smallest absolute Gasteiger partial charge is 0.197 e. The second-order valence-corrected chi connectivity index (χ2v) is 5.30. The summed E-state index contributed by atoms with van der Waals surface area (Å²) in [4.78, 5) is 12.3. The zero-order chi connectivity index (χ0) is 13.9. The summed E-state index contributed by atoms with van der Waals surface area (Å²) in [7, 11) is 0. The predicted molar refractivity (Wildman–Crippen MR) is 73.8 cm³/mol. The molecule has 0 saturated heterocycles. The third-order valence-electron chi connectivity index (χ3n) is 2.90. The lowest BCUT2D eigenvalue weighted by Gasteiger charge is -2.26. The van der Waals surface area contributed by atoms with Crippen LogP contribution in [-0.2, 0) is 4.74 Å². The van der Waals surface area contributed by atoms with E-state index in [0.717, 1.165) is 0 Å². The number of hydrogen-bond donors (Lipinski definition) is 0. The Kier molecular flexibility index (Phi) is 5.32. The quantitative estimate of drug-likeness (QED) is 0.578. The van der Waals surface area contributed by atoms with Gasteiger partial charge in [-0.15, -0.1) is 0 Å². The van der Waals surface area contributed by atoms with Crippen LogP contribution in [0.25, 0.3) is 0 Å². The second-order valence-electron chi connectivity index (χ2n) is 4.07. The lowest BCUT2D eigenvalue weighted by molar-refractivity contribution is -0.0118. The molecule has 0 fully saturated rings. The van der Waals surface area contributed by atoms with Crippen molar-refractivity contribution in [1.29, 1.82) is 0 Å². The van der Waals surface area contributed by atoms with Crippen molar-refractivity contribution >= 4 is 33.3 Å². The first-order valence-electron chi connectivity index (χ1n) is 5.69. The van der Waals surface area contributed by atoms with Crippen molar-refractivity contribution < 1.29 is 13.9 Å². The summed E-state index contributed by atoms with van der Waals surface area (Å²) in [5.41, 5.74) is -1.06. The summed E-state index contributed by atoms with van der Waals surface area (Å²) in [6, 6.07) is 2.97. The van der Waals surface area contributed by atoms with Gasteiger partial charge in [0, 0.05) is 11.1 Å². The predicted octanol–water partition coefficient (Wildman–Crippen LogP) is 4.63. The maximum absolute atomic E-state index is 14.0. The summed E-state index contributed by atoms with van der Waals surface area (Å²) >= 11 is 8.90. The molecule has 5 heteroatoms. The van der Waals surface area contributed by atoms with E-state index in [9.17, 15) is 9.18 Å². The Morgan fingerprint density at radius 3 is 2.61 bits per heavy atom. The van der Waals surface area contributed by atoms with Crippen molar-refractivity contribution in [2.75, 3.05) is 6.61 Å². The highest BCUT2D eigenvalue weighted by Gasteiger charge is 2.34. The average Bonchev–Trinajstić information content (AvgIpc) is 2.35. The van der Waals surface area contributed by atoms with Gasteiger partial charge in [0.25, 0.3) is 0 Å². The maximum Gasteiger partial charge on any atom is 0.197 e. The number of Topliss-reactive ketones (excluding diaryl/α,β-unsaturated/α-hetero) is 1. The largest absolute Gasteiger partial charge is 0.367 e. The number of benzene rings is 1. The van der Waals surface area contributed by atoms with Crippen LogP contribution in [0.3, 0.4) is 0 Å². The maximum atomic E-state index is 14.0. The van der Waals surface area contributed by atoms with Crippen LogP contribution in [0.5, 0.6) is 0 Å². The summed E-state index contributed by atoms with van der Waals surface area (Å²) in [6.45, 7) is 5.67. The summed E-state index contributed by atoms with van der Waals surface area (Å²) in [5.74, 6) is -1.10. The highest BCUT2D eigenvalue weighted by Crippen LogP contribution is 2.31. The molecule has 18 heavy (non-hydrogen) atoms. The van der Waals surface area contributed by atoms with E-state index in [1.54, 1.807) is 19.9 Å². The molecule has 2 nitrogen and oxygen atoms in total. The standard InChI is InChI=1S/C13H15BrClFO2/c1-4-13(3,18-5-2)12(17)8-6-7-9(14)10(15)11(8)16/h6-7H,4-5H2,1-3H3. The van der Waals surface area contributed by atoms with Crippen molar-refractivity contribution in [2.24, 2.45) is 0 Å². The molecule has 1 aromatic carbocycles. The van der Waals surface area contributed by atoms with Crippen LogP contribution in [0.15, 0.2) is 16.6 Å². The van der Waals surface area contributed by atoms with Gasteiger partial charge < -0.3 is 4.74 Å². The number of ether oxygens (including phenoxy) is 1. The number of halogens is 3. The van der Waals surface area contributed by atoms with Crippen LogP contribution in [0.1, 0.15) is 37.6 Å². The normalized spacial score (nSPS) is 14.3. The minimum Gasteiger partial charge on any atom is -0.367 e. The Morgan fingerprint density at radius 2 is 2.11 bits per heavy atom. The molecular formula is C13H15BrClFO2. The Morgan fingerprint density at radius 1 is 1.50 bits per heavy atom. The van der Waals surface area contributed by atoms with Crippen LogP contribution in [0.4, 0.5) is 4.39 Å². The van der Waals surface area contributed by atoms with Gasteiger partial charge in [0.1, 0.15) is 5.60 Å². The monoisotopic (exact) mass is 336 g/mol. The van der Waals surface area contributed by atoms with E-state index in [0.29, 0.717) is 17.5 Å². The lowest BCUT2D eigenvalue weighted by atomic mass is 9.91. The molecule has 0 saturated carbocycles. The van der Waals surface area contributed by atoms with Crippen molar-refractivity contribution in [3.8, 4) is 0 Å². The number of rotatable bonds is 5. The van der Waals surface area contributed by atoms with Gasteiger partial charge in [-0.2, -0.15) is 0 Å². The van der Waals surface area contributed by atoms with Crippen molar-refractivity contribution in [2.45, 2.75) is 32.8 Å². The first kappa shape index (κ1) is 15.6. The molecule has 100 valence electrons. The minimum absolute atomic E-state index is 0.0407. The van der Waals surface area contributed by atoms with Gasteiger partial charge in [-0.3, -0.25) is 4.79 Å². The highest BCUT2D eigenvalue weighted by atomic mass is 79.9. The van der Waals surface area contributed by atoms with E-state index in [-0.39, 0.29) is 10.6 Å². The van der Waals surface area contributed by atoms with Gasteiger partial charge in [-0.1, -0.05) is 18.5 Å². The molecule has 0 spiro atoms. The van der Waals surface area contributed by atoms with E-state index in [1.807, 2.05) is 6.92 Å². The molecule has 0 radical (unpaired) electrons. The highest BCUT2D eigenvalue weighted by molar-refractivity contribution is 9.10. The number of carbonyl (C=O) groups is 1. The van der Waals surface area contributed by atoms with Gasteiger partial charge in [-0.05, 0) is 48.3 Å². The van der Waals surface area contributed by atoms with Gasteiger partial charge in [-0.25, -0.2) is 4.39 Å². The Labute approximate surface area is 120 Å². The lowest BCUT2D eigenvalue weighted by Crippen LogP contribution is -2.38. The Balaban J connectivity index is 3.22. The van der Waals surface area contributed by atoms with E-state index in [4.69, 9.17) is 16.3 Å². The minimum atomic E-state index is -1.02. The molecular weight excluding hydrogens is 322 g/mol. The van der Waals surface area contributed by atoms with Crippen LogP contribution >= 0.6 is 27.5 Å². The summed E-state index contributed by atoms with van der Waals surface area (Å²) in [6.07, 6.45) is 0.465. The number of ketones is 1. The Hall–Kier alpha value is -0.450. The fraction of sp³-hybridized carbons (Fsp3) is 0.462. The molecule has 0 aliphatic rings. The average molecular weight is 338 g/mol. The molecule has 0 amide bonds. The van der Waals surface area contributed by atoms with Crippen molar-refractivity contribution in [3.63, 3.8) is 0 Å².